The van der Waals surface area contributed by atoms with Gasteiger partial charge in [0.2, 0.25) is 10.0 Å². The highest BCUT2D eigenvalue weighted by Crippen LogP contribution is 2.25. The summed E-state index contributed by atoms with van der Waals surface area (Å²) < 4.78 is 26.7. The number of nitrogens with one attached hydrogen (secondary N) is 1. The van der Waals surface area contributed by atoms with Crippen LogP contribution in [0.3, 0.4) is 0 Å². The molecule has 6 heteroatoms. The van der Waals surface area contributed by atoms with Crippen molar-refractivity contribution in [1.82, 2.24) is 4.72 Å². The van der Waals surface area contributed by atoms with Crippen molar-refractivity contribution in [3.05, 3.63) is 28.2 Å². The average molecular weight is 296 g/mol. The lowest BCUT2D eigenvalue weighted by molar-refractivity contribution is 0.439. The molecule has 1 N–H and O–H groups in total. The molecule has 0 atom stereocenters. The van der Waals surface area contributed by atoms with E-state index in [0.717, 1.165) is 0 Å². The Morgan fingerprint density at radius 2 is 1.82 bits per heavy atom. The van der Waals surface area contributed by atoms with Crippen molar-refractivity contribution in [3.8, 4) is 0 Å². The normalized spacial score (nSPS) is 12.8. The van der Waals surface area contributed by atoms with Gasteiger partial charge in [0.15, 0.2) is 0 Å². The van der Waals surface area contributed by atoms with Gasteiger partial charge in [0.05, 0.1) is 14.9 Å². The third-order valence-electron chi connectivity index (χ3n) is 2.50. The first-order valence-corrected chi connectivity index (χ1v) is 7.41. The molecular formula is C11H15Cl2NO2S. The second-order valence-electron chi connectivity index (χ2n) is 4.42. The van der Waals surface area contributed by atoms with Crippen LogP contribution in [0.2, 0.25) is 10.0 Å². The van der Waals surface area contributed by atoms with Gasteiger partial charge >= 0.3 is 0 Å². The zero-order valence-electron chi connectivity index (χ0n) is 9.92. The fraction of sp³-hybridized carbons (Fsp3) is 0.455. The lowest BCUT2D eigenvalue weighted by Crippen LogP contribution is -2.42. The van der Waals surface area contributed by atoms with Crippen molar-refractivity contribution in [3.63, 3.8) is 0 Å². The van der Waals surface area contributed by atoms with Crippen LogP contribution in [-0.4, -0.2) is 14.0 Å². The van der Waals surface area contributed by atoms with Crippen LogP contribution in [-0.2, 0) is 10.0 Å². The topological polar surface area (TPSA) is 46.2 Å². The predicted molar refractivity (Wildman–Crippen MR) is 71.2 cm³/mol. The van der Waals surface area contributed by atoms with Gasteiger partial charge < -0.3 is 0 Å². The lowest BCUT2D eigenvalue weighted by atomic mass is 10.0. The van der Waals surface area contributed by atoms with Crippen LogP contribution in [0.5, 0.6) is 0 Å². The molecule has 1 aromatic carbocycles. The number of hydrogen-bond acceptors (Lipinski definition) is 2. The number of benzene rings is 1. The number of hydrogen-bond donors (Lipinski definition) is 1. The van der Waals surface area contributed by atoms with Crippen molar-refractivity contribution in [2.45, 2.75) is 37.6 Å². The Labute approximate surface area is 112 Å². The fourth-order valence-corrected chi connectivity index (χ4v) is 3.01. The molecule has 0 amide bonds. The summed E-state index contributed by atoms with van der Waals surface area (Å²) in [4.78, 5) is 0.119. The summed E-state index contributed by atoms with van der Waals surface area (Å²) in [5.74, 6) is 0. The van der Waals surface area contributed by atoms with Gasteiger partial charge in [-0.1, -0.05) is 30.1 Å². The molecule has 0 bridgehead atoms. The Balaban J connectivity index is 3.10. The van der Waals surface area contributed by atoms with Crippen molar-refractivity contribution in [2.24, 2.45) is 0 Å². The molecule has 1 aromatic rings. The molecule has 0 aromatic heterocycles. The summed E-state index contributed by atoms with van der Waals surface area (Å²) in [6.45, 7) is 5.56. The number of rotatable bonds is 4. The minimum Gasteiger partial charge on any atom is -0.207 e. The summed E-state index contributed by atoms with van der Waals surface area (Å²) in [5, 5.41) is 0.559. The summed E-state index contributed by atoms with van der Waals surface area (Å²) in [6.07, 6.45) is 0.688. The van der Waals surface area contributed by atoms with Gasteiger partial charge in [0.25, 0.3) is 0 Å². The van der Waals surface area contributed by atoms with Crippen LogP contribution in [0.1, 0.15) is 27.2 Å². The Hall–Kier alpha value is -0.290. The molecule has 0 aliphatic heterocycles. The van der Waals surface area contributed by atoms with Gasteiger partial charge in [-0.3, -0.25) is 0 Å². The van der Waals surface area contributed by atoms with E-state index in [9.17, 15) is 8.42 Å². The molecule has 17 heavy (non-hydrogen) atoms. The minimum atomic E-state index is -3.56. The van der Waals surface area contributed by atoms with Gasteiger partial charge in [0, 0.05) is 5.54 Å². The van der Waals surface area contributed by atoms with E-state index >= 15 is 0 Å². The van der Waals surface area contributed by atoms with Crippen LogP contribution in [0.25, 0.3) is 0 Å². The highest BCUT2D eigenvalue weighted by atomic mass is 35.5. The molecule has 0 radical (unpaired) electrons. The Morgan fingerprint density at radius 3 is 2.29 bits per heavy atom. The summed E-state index contributed by atoms with van der Waals surface area (Å²) in [6, 6.07) is 4.25. The van der Waals surface area contributed by atoms with E-state index < -0.39 is 15.6 Å². The highest BCUT2D eigenvalue weighted by Gasteiger charge is 2.24. The van der Waals surface area contributed by atoms with Crippen molar-refractivity contribution in [1.29, 1.82) is 0 Å². The van der Waals surface area contributed by atoms with E-state index in [4.69, 9.17) is 23.2 Å². The molecule has 96 valence electrons. The molecular weight excluding hydrogens is 281 g/mol. The van der Waals surface area contributed by atoms with Crippen LogP contribution in [0.15, 0.2) is 23.1 Å². The largest absolute Gasteiger partial charge is 0.241 e. The predicted octanol–water partition coefficient (Wildman–Crippen LogP) is 3.46. The molecule has 0 saturated carbocycles. The van der Waals surface area contributed by atoms with Crippen molar-refractivity contribution >= 4 is 33.2 Å². The van der Waals surface area contributed by atoms with Gasteiger partial charge in [-0.15, -0.1) is 0 Å². The Bertz CT molecular complexity index is 512. The first-order chi connectivity index (χ1) is 7.68. The van der Waals surface area contributed by atoms with Crippen molar-refractivity contribution < 1.29 is 8.42 Å². The minimum absolute atomic E-state index is 0.119. The van der Waals surface area contributed by atoms with Crippen LogP contribution < -0.4 is 4.72 Å². The second kappa shape index (κ2) is 5.14. The van der Waals surface area contributed by atoms with Crippen LogP contribution >= 0.6 is 23.2 Å². The maximum Gasteiger partial charge on any atom is 0.241 e. The van der Waals surface area contributed by atoms with Gasteiger partial charge in [0.1, 0.15) is 0 Å². The Kier molecular flexibility index (Phi) is 4.47. The van der Waals surface area contributed by atoms with E-state index in [1.807, 2.05) is 20.8 Å². The van der Waals surface area contributed by atoms with E-state index in [0.29, 0.717) is 11.4 Å². The van der Waals surface area contributed by atoms with Crippen molar-refractivity contribution in [2.75, 3.05) is 0 Å². The smallest absolute Gasteiger partial charge is 0.207 e. The van der Waals surface area contributed by atoms with E-state index in [1.165, 1.54) is 18.2 Å². The molecule has 0 saturated heterocycles. The summed E-state index contributed by atoms with van der Waals surface area (Å²) in [5.41, 5.74) is -0.495. The highest BCUT2D eigenvalue weighted by molar-refractivity contribution is 7.89. The summed E-state index contributed by atoms with van der Waals surface area (Å²) in [7, 11) is -3.56. The average Bonchev–Trinajstić information content (AvgIpc) is 2.20. The third kappa shape index (κ3) is 3.85. The summed E-state index contributed by atoms with van der Waals surface area (Å²) >= 11 is 11.5. The van der Waals surface area contributed by atoms with Crippen LogP contribution in [0, 0.1) is 0 Å². The van der Waals surface area contributed by atoms with Gasteiger partial charge in [-0.25, -0.2) is 13.1 Å². The van der Waals surface area contributed by atoms with E-state index in [2.05, 4.69) is 4.72 Å². The SMILES string of the molecule is CCC(C)(C)NS(=O)(=O)c1ccc(Cl)c(Cl)c1. The number of halogens is 2. The van der Waals surface area contributed by atoms with E-state index in [-0.39, 0.29) is 9.92 Å². The van der Waals surface area contributed by atoms with E-state index in [1.54, 1.807) is 0 Å². The van der Waals surface area contributed by atoms with Crippen LogP contribution in [0.4, 0.5) is 0 Å². The fourth-order valence-electron chi connectivity index (χ4n) is 1.14. The molecule has 3 nitrogen and oxygen atoms in total. The molecule has 0 fully saturated rings. The quantitative estimate of drug-likeness (QED) is 0.925. The maximum atomic E-state index is 12.1. The monoisotopic (exact) mass is 295 g/mol. The zero-order valence-corrected chi connectivity index (χ0v) is 12.2. The molecule has 0 aliphatic rings. The standard InChI is InChI=1S/C11H15Cl2NO2S/c1-4-11(2,3)14-17(15,16)8-5-6-9(12)10(13)7-8/h5-7,14H,4H2,1-3H3. The lowest BCUT2D eigenvalue weighted by Gasteiger charge is -2.24. The molecule has 1 rings (SSSR count). The zero-order chi connectivity index (χ0) is 13.3. The molecule has 0 unspecified atom stereocenters. The van der Waals surface area contributed by atoms with Gasteiger partial charge in [-0.2, -0.15) is 0 Å². The second-order valence-corrected chi connectivity index (χ2v) is 6.92. The molecule has 0 aliphatic carbocycles. The third-order valence-corrected chi connectivity index (χ3v) is 4.93. The molecule has 0 heterocycles. The Morgan fingerprint density at radius 1 is 1.24 bits per heavy atom. The first kappa shape index (κ1) is 14.8. The molecule has 0 spiro atoms. The van der Waals surface area contributed by atoms with Gasteiger partial charge in [-0.05, 0) is 38.5 Å². The first-order valence-electron chi connectivity index (χ1n) is 5.17. The number of sulfonamides is 1. The maximum absolute atomic E-state index is 12.1.